The Labute approximate surface area is 127 Å². The Kier molecular flexibility index (Phi) is 6.03. The fourth-order valence-corrected chi connectivity index (χ4v) is 3.17. The fraction of sp³-hybridized carbons (Fsp3) is 0.647. The standard InChI is InChI=1S/C17H26ClNO/c1-3-11-20-17-10-9-15(12-16(17)18)19-13(2)14-7-5-4-6-8-14/h9-10,12-14,19H,3-8,11H2,1-2H3. The van der Waals surface area contributed by atoms with Gasteiger partial charge in [0, 0.05) is 11.7 Å². The third-order valence-corrected chi connectivity index (χ3v) is 4.44. The van der Waals surface area contributed by atoms with Crippen LogP contribution in [0, 0.1) is 5.92 Å². The summed E-state index contributed by atoms with van der Waals surface area (Å²) in [6.07, 6.45) is 7.84. The number of hydrogen-bond donors (Lipinski definition) is 1. The Morgan fingerprint density at radius 1 is 1.30 bits per heavy atom. The first kappa shape index (κ1) is 15.5. The molecule has 2 rings (SSSR count). The van der Waals surface area contributed by atoms with Gasteiger partial charge in [-0.2, -0.15) is 0 Å². The lowest BCUT2D eigenvalue weighted by Crippen LogP contribution is -2.27. The van der Waals surface area contributed by atoms with Crippen LogP contribution in [0.25, 0.3) is 0 Å². The average molecular weight is 296 g/mol. The van der Waals surface area contributed by atoms with Crippen LogP contribution >= 0.6 is 11.6 Å². The van der Waals surface area contributed by atoms with Crippen LogP contribution in [0.2, 0.25) is 5.02 Å². The van der Waals surface area contributed by atoms with Crippen LogP contribution in [-0.2, 0) is 0 Å². The molecule has 0 spiro atoms. The van der Waals surface area contributed by atoms with E-state index in [0.29, 0.717) is 17.7 Å². The van der Waals surface area contributed by atoms with Gasteiger partial charge < -0.3 is 10.1 Å². The van der Waals surface area contributed by atoms with Crippen LogP contribution in [0.5, 0.6) is 5.75 Å². The second kappa shape index (κ2) is 7.78. The van der Waals surface area contributed by atoms with Gasteiger partial charge in [-0.25, -0.2) is 0 Å². The van der Waals surface area contributed by atoms with Crippen molar-refractivity contribution < 1.29 is 4.74 Å². The minimum atomic E-state index is 0.508. The van der Waals surface area contributed by atoms with Crippen LogP contribution in [0.15, 0.2) is 18.2 Å². The molecular formula is C17H26ClNO. The van der Waals surface area contributed by atoms with E-state index in [9.17, 15) is 0 Å². The maximum atomic E-state index is 6.27. The van der Waals surface area contributed by atoms with Crippen molar-refractivity contribution in [2.75, 3.05) is 11.9 Å². The highest BCUT2D eigenvalue weighted by Crippen LogP contribution is 2.31. The second-order valence-corrected chi connectivity index (χ2v) is 6.23. The van der Waals surface area contributed by atoms with E-state index in [-0.39, 0.29) is 0 Å². The summed E-state index contributed by atoms with van der Waals surface area (Å²) < 4.78 is 5.60. The minimum absolute atomic E-state index is 0.508. The lowest BCUT2D eigenvalue weighted by molar-refractivity contribution is 0.317. The van der Waals surface area contributed by atoms with Gasteiger partial charge >= 0.3 is 0 Å². The highest BCUT2D eigenvalue weighted by atomic mass is 35.5. The fourth-order valence-electron chi connectivity index (χ4n) is 2.93. The summed E-state index contributed by atoms with van der Waals surface area (Å²) in [7, 11) is 0. The van der Waals surface area contributed by atoms with Crippen molar-refractivity contribution in [2.24, 2.45) is 5.92 Å². The Hall–Kier alpha value is -0.890. The van der Waals surface area contributed by atoms with E-state index in [1.54, 1.807) is 0 Å². The summed E-state index contributed by atoms with van der Waals surface area (Å²) in [6, 6.07) is 6.52. The van der Waals surface area contributed by atoms with E-state index in [1.807, 2.05) is 12.1 Å². The Morgan fingerprint density at radius 3 is 2.70 bits per heavy atom. The van der Waals surface area contributed by atoms with Crippen LogP contribution < -0.4 is 10.1 Å². The summed E-state index contributed by atoms with van der Waals surface area (Å²) in [6.45, 7) is 5.09. The summed E-state index contributed by atoms with van der Waals surface area (Å²) in [5.41, 5.74) is 1.09. The normalized spacial score (nSPS) is 17.8. The average Bonchev–Trinajstić information content (AvgIpc) is 2.47. The highest BCUT2D eigenvalue weighted by molar-refractivity contribution is 6.32. The number of ether oxygens (including phenoxy) is 1. The number of hydrogen-bond acceptors (Lipinski definition) is 2. The molecule has 0 heterocycles. The third kappa shape index (κ3) is 4.31. The first-order chi connectivity index (χ1) is 9.70. The zero-order valence-electron chi connectivity index (χ0n) is 12.6. The number of anilines is 1. The van der Waals surface area contributed by atoms with Gasteiger partial charge in [0.25, 0.3) is 0 Å². The van der Waals surface area contributed by atoms with Crippen LogP contribution in [-0.4, -0.2) is 12.6 Å². The molecule has 1 fully saturated rings. The van der Waals surface area contributed by atoms with E-state index in [0.717, 1.165) is 23.8 Å². The van der Waals surface area contributed by atoms with Gasteiger partial charge in [-0.3, -0.25) is 0 Å². The van der Waals surface area contributed by atoms with Crippen molar-refractivity contribution in [3.05, 3.63) is 23.2 Å². The first-order valence-corrected chi connectivity index (χ1v) is 8.27. The molecule has 1 aliphatic carbocycles. The largest absolute Gasteiger partial charge is 0.492 e. The molecule has 112 valence electrons. The molecule has 0 saturated heterocycles. The van der Waals surface area contributed by atoms with Crippen molar-refractivity contribution in [3.8, 4) is 5.75 Å². The van der Waals surface area contributed by atoms with Gasteiger partial charge in [-0.1, -0.05) is 37.8 Å². The topological polar surface area (TPSA) is 21.3 Å². The highest BCUT2D eigenvalue weighted by Gasteiger charge is 2.20. The van der Waals surface area contributed by atoms with Gasteiger partial charge in [-0.05, 0) is 50.3 Å². The first-order valence-electron chi connectivity index (χ1n) is 7.89. The summed E-state index contributed by atoms with van der Waals surface area (Å²) in [5, 5.41) is 4.29. The van der Waals surface area contributed by atoms with Gasteiger partial charge in [0.2, 0.25) is 0 Å². The Morgan fingerprint density at radius 2 is 2.05 bits per heavy atom. The van der Waals surface area contributed by atoms with Gasteiger partial charge in [0.1, 0.15) is 5.75 Å². The molecule has 1 unspecified atom stereocenters. The van der Waals surface area contributed by atoms with E-state index in [1.165, 1.54) is 32.1 Å². The van der Waals surface area contributed by atoms with Crippen molar-refractivity contribution in [3.63, 3.8) is 0 Å². The quantitative estimate of drug-likeness (QED) is 0.747. The van der Waals surface area contributed by atoms with Crippen LogP contribution in [0.1, 0.15) is 52.4 Å². The van der Waals surface area contributed by atoms with Crippen molar-refractivity contribution in [2.45, 2.75) is 58.4 Å². The van der Waals surface area contributed by atoms with Crippen LogP contribution in [0.4, 0.5) is 5.69 Å². The summed E-state index contributed by atoms with van der Waals surface area (Å²) >= 11 is 6.27. The summed E-state index contributed by atoms with van der Waals surface area (Å²) in [4.78, 5) is 0. The number of rotatable bonds is 6. The molecule has 1 aliphatic rings. The molecule has 1 saturated carbocycles. The predicted octanol–water partition coefficient (Wildman–Crippen LogP) is 5.51. The molecule has 20 heavy (non-hydrogen) atoms. The molecule has 0 aromatic heterocycles. The molecule has 1 aromatic rings. The van der Waals surface area contributed by atoms with Gasteiger partial charge in [0.05, 0.1) is 11.6 Å². The second-order valence-electron chi connectivity index (χ2n) is 5.82. The molecule has 0 amide bonds. The predicted molar refractivity (Wildman–Crippen MR) is 86.9 cm³/mol. The monoisotopic (exact) mass is 295 g/mol. The SMILES string of the molecule is CCCOc1ccc(NC(C)C2CCCCC2)cc1Cl. The summed E-state index contributed by atoms with van der Waals surface area (Å²) in [5.74, 6) is 1.57. The van der Waals surface area contributed by atoms with Gasteiger partial charge in [0.15, 0.2) is 0 Å². The van der Waals surface area contributed by atoms with Gasteiger partial charge in [-0.15, -0.1) is 0 Å². The van der Waals surface area contributed by atoms with E-state index >= 15 is 0 Å². The van der Waals surface area contributed by atoms with E-state index in [2.05, 4.69) is 25.2 Å². The molecule has 1 N–H and O–H groups in total. The maximum absolute atomic E-state index is 6.27. The van der Waals surface area contributed by atoms with Crippen molar-refractivity contribution in [1.29, 1.82) is 0 Å². The number of benzene rings is 1. The smallest absolute Gasteiger partial charge is 0.138 e. The Balaban J connectivity index is 1.93. The van der Waals surface area contributed by atoms with E-state index < -0.39 is 0 Å². The molecule has 0 bridgehead atoms. The molecule has 3 heteroatoms. The van der Waals surface area contributed by atoms with E-state index in [4.69, 9.17) is 16.3 Å². The maximum Gasteiger partial charge on any atom is 0.138 e. The molecular weight excluding hydrogens is 270 g/mol. The molecule has 0 radical (unpaired) electrons. The third-order valence-electron chi connectivity index (χ3n) is 4.14. The minimum Gasteiger partial charge on any atom is -0.492 e. The zero-order chi connectivity index (χ0) is 14.4. The number of halogens is 1. The Bertz CT molecular complexity index is 415. The molecule has 0 aliphatic heterocycles. The lowest BCUT2D eigenvalue weighted by atomic mass is 9.84. The molecule has 1 atom stereocenters. The van der Waals surface area contributed by atoms with Crippen LogP contribution in [0.3, 0.4) is 0 Å². The van der Waals surface area contributed by atoms with Crippen molar-refractivity contribution in [1.82, 2.24) is 0 Å². The lowest BCUT2D eigenvalue weighted by Gasteiger charge is -2.29. The molecule has 2 nitrogen and oxygen atoms in total. The van der Waals surface area contributed by atoms with Crippen molar-refractivity contribution >= 4 is 17.3 Å². The molecule has 1 aromatic carbocycles. The zero-order valence-corrected chi connectivity index (χ0v) is 13.4. The number of nitrogens with one attached hydrogen (secondary N) is 1.